The number of halogens is 2. The van der Waals surface area contributed by atoms with Crippen LogP contribution in [0.5, 0.6) is 5.75 Å². The molecule has 0 aliphatic heterocycles. The molecule has 0 radical (unpaired) electrons. The zero-order valence-corrected chi connectivity index (χ0v) is 16.0. The van der Waals surface area contributed by atoms with Crippen LogP contribution in [0.1, 0.15) is 37.1 Å². The maximum absolute atomic E-state index is 12.2. The zero-order chi connectivity index (χ0) is 18.4. The van der Waals surface area contributed by atoms with Gasteiger partial charge in [-0.15, -0.1) is 0 Å². The molecule has 134 valence electrons. The van der Waals surface area contributed by atoms with Crippen molar-refractivity contribution in [2.24, 2.45) is 0 Å². The lowest BCUT2D eigenvalue weighted by atomic mass is 10.1. The number of nitrogens with one attached hydrogen (secondary N) is 2. The normalized spacial score (nSPS) is 13.2. The van der Waals surface area contributed by atoms with Gasteiger partial charge in [0.15, 0.2) is 0 Å². The molecule has 0 aliphatic carbocycles. The van der Waals surface area contributed by atoms with Gasteiger partial charge in [-0.2, -0.15) is 0 Å². The molecule has 2 unspecified atom stereocenters. The summed E-state index contributed by atoms with van der Waals surface area (Å²) in [5, 5.41) is 7.13. The number of carbonyl (C=O) groups is 1. The number of methoxy groups -OCH3 is 1. The highest BCUT2D eigenvalue weighted by Crippen LogP contribution is 2.26. The van der Waals surface area contributed by atoms with E-state index in [0.717, 1.165) is 16.9 Å². The van der Waals surface area contributed by atoms with Gasteiger partial charge in [0.1, 0.15) is 5.75 Å². The maximum Gasteiger partial charge on any atom is 0.234 e. The smallest absolute Gasteiger partial charge is 0.234 e. The first-order valence-electron chi connectivity index (χ1n) is 8.03. The number of hydrogen-bond donors (Lipinski definition) is 2. The number of benzene rings is 2. The Morgan fingerprint density at radius 3 is 2.48 bits per heavy atom. The van der Waals surface area contributed by atoms with Crippen LogP contribution in [0.25, 0.3) is 0 Å². The molecule has 0 aliphatic rings. The molecule has 0 saturated carbocycles. The van der Waals surface area contributed by atoms with Gasteiger partial charge < -0.3 is 15.4 Å². The summed E-state index contributed by atoms with van der Waals surface area (Å²) in [6.07, 6.45) is 0. The van der Waals surface area contributed by atoms with Crippen LogP contribution in [0.4, 0.5) is 0 Å². The van der Waals surface area contributed by atoms with Crippen LogP contribution in [0.15, 0.2) is 42.5 Å². The van der Waals surface area contributed by atoms with Gasteiger partial charge >= 0.3 is 0 Å². The summed E-state index contributed by atoms with van der Waals surface area (Å²) in [5.41, 5.74) is 1.91. The van der Waals surface area contributed by atoms with Gasteiger partial charge in [-0.05, 0) is 37.6 Å². The molecular formula is C19H22Cl2N2O2. The van der Waals surface area contributed by atoms with Crippen LogP contribution in [0.2, 0.25) is 10.0 Å². The molecule has 6 heteroatoms. The van der Waals surface area contributed by atoms with E-state index < -0.39 is 0 Å². The lowest BCUT2D eigenvalue weighted by molar-refractivity contribution is -0.121. The van der Waals surface area contributed by atoms with E-state index >= 15 is 0 Å². The minimum Gasteiger partial charge on any atom is -0.496 e. The minimum absolute atomic E-state index is 0.0119. The first kappa shape index (κ1) is 19.6. The van der Waals surface area contributed by atoms with Gasteiger partial charge in [0.2, 0.25) is 5.91 Å². The maximum atomic E-state index is 12.2. The standard InChI is InChI=1S/C19H22Cl2N2O2/c1-12(14-8-9-16(20)17(21)10-14)23-19(24)11-22-13(2)15-6-4-5-7-18(15)25-3/h4-10,12-13,22H,11H2,1-3H3,(H,23,24). The quantitative estimate of drug-likeness (QED) is 0.741. The average molecular weight is 381 g/mol. The molecule has 2 atom stereocenters. The molecule has 0 heterocycles. The predicted octanol–water partition coefficient (Wildman–Crippen LogP) is 4.53. The Morgan fingerprint density at radius 2 is 1.80 bits per heavy atom. The van der Waals surface area contributed by atoms with E-state index in [-0.39, 0.29) is 24.5 Å². The second-order valence-electron chi connectivity index (χ2n) is 5.81. The predicted molar refractivity (Wildman–Crippen MR) is 102 cm³/mol. The Kier molecular flexibility index (Phi) is 7.12. The van der Waals surface area contributed by atoms with Crippen molar-refractivity contribution in [2.45, 2.75) is 25.9 Å². The number of amides is 1. The molecule has 1 amide bonds. The largest absolute Gasteiger partial charge is 0.496 e. The van der Waals surface area contributed by atoms with E-state index in [4.69, 9.17) is 27.9 Å². The van der Waals surface area contributed by atoms with Crippen LogP contribution in [0.3, 0.4) is 0 Å². The van der Waals surface area contributed by atoms with Crippen molar-refractivity contribution in [3.63, 3.8) is 0 Å². The second kappa shape index (κ2) is 9.09. The van der Waals surface area contributed by atoms with Crippen molar-refractivity contribution < 1.29 is 9.53 Å². The summed E-state index contributed by atoms with van der Waals surface area (Å²) in [5.74, 6) is 0.701. The van der Waals surface area contributed by atoms with Crippen LogP contribution in [-0.4, -0.2) is 19.6 Å². The van der Waals surface area contributed by atoms with Crippen LogP contribution in [-0.2, 0) is 4.79 Å². The van der Waals surface area contributed by atoms with Crippen LogP contribution >= 0.6 is 23.2 Å². The third kappa shape index (κ3) is 5.36. The van der Waals surface area contributed by atoms with E-state index in [2.05, 4.69) is 10.6 Å². The fourth-order valence-corrected chi connectivity index (χ4v) is 2.84. The molecule has 2 aromatic rings. The van der Waals surface area contributed by atoms with Gasteiger partial charge in [-0.3, -0.25) is 4.79 Å². The van der Waals surface area contributed by atoms with E-state index in [1.807, 2.05) is 44.2 Å². The topological polar surface area (TPSA) is 50.4 Å². The molecule has 2 rings (SSSR count). The van der Waals surface area contributed by atoms with Gasteiger partial charge in [0, 0.05) is 11.6 Å². The highest BCUT2D eigenvalue weighted by Gasteiger charge is 2.14. The molecule has 0 saturated heterocycles. The Balaban J connectivity index is 1.90. The van der Waals surface area contributed by atoms with Gasteiger partial charge in [-0.25, -0.2) is 0 Å². The fraction of sp³-hybridized carbons (Fsp3) is 0.316. The molecule has 2 N–H and O–H groups in total. The van der Waals surface area contributed by atoms with Crippen molar-refractivity contribution in [1.29, 1.82) is 0 Å². The van der Waals surface area contributed by atoms with Crippen molar-refractivity contribution in [3.05, 3.63) is 63.6 Å². The van der Waals surface area contributed by atoms with Crippen molar-refractivity contribution in [2.75, 3.05) is 13.7 Å². The van der Waals surface area contributed by atoms with E-state index in [0.29, 0.717) is 10.0 Å². The fourth-order valence-electron chi connectivity index (χ4n) is 2.54. The third-order valence-electron chi connectivity index (χ3n) is 4.00. The summed E-state index contributed by atoms with van der Waals surface area (Å²) < 4.78 is 5.35. The van der Waals surface area contributed by atoms with Gasteiger partial charge in [-0.1, -0.05) is 47.5 Å². The lowest BCUT2D eigenvalue weighted by Gasteiger charge is -2.19. The Bertz CT molecular complexity index is 737. The molecule has 0 fully saturated rings. The Labute approximate surface area is 158 Å². The lowest BCUT2D eigenvalue weighted by Crippen LogP contribution is -2.36. The second-order valence-corrected chi connectivity index (χ2v) is 6.62. The summed E-state index contributed by atoms with van der Waals surface area (Å²) in [4.78, 5) is 12.2. The summed E-state index contributed by atoms with van der Waals surface area (Å²) >= 11 is 11.9. The number of carbonyl (C=O) groups excluding carboxylic acids is 1. The number of rotatable bonds is 7. The number of ether oxygens (including phenoxy) is 1. The van der Waals surface area contributed by atoms with Crippen molar-refractivity contribution >= 4 is 29.1 Å². The molecule has 4 nitrogen and oxygen atoms in total. The molecule has 0 spiro atoms. The SMILES string of the molecule is COc1ccccc1C(C)NCC(=O)NC(C)c1ccc(Cl)c(Cl)c1. The molecule has 0 aromatic heterocycles. The van der Waals surface area contributed by atoms with Gasteiger partial charge in [0.05, 0.1) is 29.7 Å². The zero-order valence-electron chi connectivity index (χ0n) is 14.5. The Hall–Kier alpha value is -1.75. The average Bonchev–Trinajstić information content (AvgIpc) is 2.61. The summed E-state index contributed by atoms with van der Waals surface area (Å²) in [6.45, 7) is 4.10. The van der Waals surface area contributed by atoms with Crippen LogP contribution < -0.4 is 15.4 Å². The molecule has 0 bridgehead atoms. The summed E-state index contributed by atoms with van der Waals surface area (Å²) in [6, 6.07) is 12.9. The molecular weight excluding hydrogens is 359 g/mol. The van der Waals surface area contributed by atoms with Gasteiger partial charge in [0.25, 0.3) is 0 Å². The molecule has 2 aromatic carbocycles. The highest BCUT2D eigenvalue weighted by atomic mass is 35.5. The number of para-hydroxylation sites is 1. The van der Waals surface area contributed by atoms with E-state index in [1.165, 1.54) is 0 Å². The minimum atomic E-state index is -0.161. The van der Waals surface area contributed by atoms with Crippen molar-refractivity contribution in [1.82, 2.24) is 10.6 Å². The first-order valence-corrected chi connectivity index (χ1v) is 8.78. The Morgan fingerprint density at radius 1 is 1.08 bits per heavy atom. The summed E-state index contributed by atoms with van der Waals surface area (Å²) in [7, 11) is 1.64. The van der Waals surface area contributed by atoms with E-state index in [9.17, 15) is 4.79 Å². The van der Waals surface area contributed by atoms with Crippen molar-refractivity contribution in [3.8, 4) is 5.75 Å². The first-order chi connectivity index (χ1) is 11.9. The number of hydrogen-bond acceptors (Lipinski definition) is 3. The monoisotopic (exact) mass is 380 g/mol. The third-order valence-corrected chi connectivity index (χ3v) is 4.73. The molecule has 25 heavy (non-hydrogen) atoms. The van der Waals surface area contributed by atoms with E-state index in [1.54, 1.807) is 19.2 Å². The highest BCUT2D eigenvalue weighted by molar-refractivity contribution is 6.42. The van der Waals surface area contributed by atoms with Crippen LogP contribution in [0, 0.1) is 0 Å².